The second-order valence-electron chi connectivity index (χ2n) is 5.15. The summed E-state index contributed by atoms with van der Waals surface area (Å²) < 4.78 is 0. The van der Waals surface area contributed by atoms with Crippen LogP contribution in [0, 0.1) is 5.92 Å². The van der Waals surface area contributed by atoms with Crippen molar-refractivity contribution >= 4 is 17.6 Å². The molecule has 1 unspecified atom stereocenters. The average Bonchev–Trinajstić information content (AvgIpc) is 2.45. The van der Waals surface area contributed by atoms with Gasteiger partial charge in [0.25, 0.3) is 5.91 Å². The van der Waals surface area contributed by atoms with Crippen LogP contribution < -0.4 is 16.0 Å². The smallest absolute Gasteiger partial charge is 0.272 e. The van der Waals surface area contributed by atoms with Crippen LogP contribution in [0.4, 0.5) is 5.82 Å². The Balaban J connectivity index is 2.59. The molecule has 0 aliphatic rings. The Bertz CT molecular complexity index is 490. The minimum Gasteiger partial charge on any atom is -0.369 e. The first-order valence-corrected chi connectivity index (χ1v) is 7.08. The highest BCUT2D eigenvalue weighted by molar-refractivity contribution is 5.95. The molecule has 1 aromatic rings. The third-order valence-corrected chi connectivity index (χ3v) is 2.65. The van der Waals surface area contributed by atoms with Gasteiger partial charge in [-0.3, -0.25) is 14.6 Å². The summed E-state index contributed by atoms with van der Waals surface area (Å²) in [7, 11) is 0. The number of hydrogen-bond donors (Lipinski definition) is 3. The predicted molar refractivity (Wildman–Crippen MR) is 81.0 cm³/mol. The normalized spacial score (nSPS) is 11.9. The van der Waals surface area contributed by atoms with Gasteiger partial charge in [0, 0.05) is 13.1 Å². The van der Waals surface area contributed by atoms with Crippen LogP contribution in [0.5, 0.6) is 0 Å². The maximum Gasteiger partial charge on any atom is 0.272 e. The SMILES string of the molecule is CCNc1cncc(C(=O)NC(C)C(=O)NCC(C)C)n1. The van der Waals surface area contributed by atoms with Gasteiger partial charge in [-0.05, 0) is 19.8 Å². The van der Waals surface area contributed by atoms with Gasteiger partial charge in [-0.15, -0.1) is 0 Å². The topological polar surface area (TPSA) is 96.0 Å². The molecule has 7 nitrogen and oxygen atoms in total. The molecule has 1 atom stereocenters. The van der Waals surface area contributed by atoms with Gasteiger partial charge in [0.15, 0.2) is 0 Å². The number of aromatic nitrogens is 2. The summed E-state index contributed by atoms with van der Waals surface area (Å²) in [6.07, 6.45) is 2.91. The molecule has 1 aromatic heterocycles. The number of nitrogens with zero attached hydrogens (tertiary/aromatic N) is 2. The highest BCUT2D eigenvalue weighted by atomic mass is 16.2. The zero-order chi connectivity index (χ0) is 15.8. The number of anilines is 1. The van der Waals surface area contributed by atoms with Gasteiger partial charge in [0.2, 0.25) is 5.91 Å². The molecule has 2 amide bonds. The highest BCUT2D eigenvalue weighted by Gasteiger charge is 2.17. The molecule has 116 valence electrons. The second kappa shape index (κ2) is 8.18. The van der Waals surface area contributed by atoms with Crippen molar-refractivity contribution in [2.45, 2.75) is 33.7 Å². The van der Waals surface area contributed by atoms with E-state index in [9.17, 15) is 9.59 Å². The average molecular weight is 293 g/mol. The zero-order valence-corrected chi connectivity index (χ0v) is 12.9. The van der Waals surface area contributed by atoms with Gasteiger partial charge in [-0.2, -0.15) is 0 Å². The maximum absolute atomic E-state index is 12.0. The van der Waals surface area contributed by atoms with Crippen molar-refractivity contribution in [3.8, 4) is 0 Å². The number of carbonyl (C=O) groups is 2. The summed E-state index contributed by atoms with van der Waals surface area (Å²) in [5.41, 5.74) is 0.178. The molecule has 0 aliphatic carbocycles. The lowest BCUT2D eigenvalue weighted by molar-refractivity contribution is -0.122. The van der Waals surface area contributed by atoms with Crippen LogP contribution in [0.2, 0.25) is 0 Å². The molecule has 0 radical (unpaired) electrons. The van der Waals surface area contributed by atoms with E-state index in [1.165, 1.54) is 6.20 Å². The summed E-state index contributed by atoms with van der Waals surface area (Å²) in [6, 6.07) is -0.624. The van der Waals surface area contributed by atoms with E-state index in [1.807, 2.05) is 20.8 Å². The van der Waals surface area contributed by atoms with Crippen molar-refractivity contribution in [1.82, 2.24) is 20.6 Å². The van der Waals surface area contributed by atoms with Gasteiger partial charge in [-0.1, -0.05) is 13.8 Å². The number of hydrogen-bond acceptors (Lipinski definition) is 5. The van der Waals surface area contributed by atoms with E-state index in [0.717, 1.165) is 0 Å². The van der Waals surface area contributed by atoms with Crippen molar-refractivity contribution < 1.29 is 9.59 Å². The number of rotatable bonds is 7. The van der Waals surface area contributed by atoms with Crippen molar-refractivity contribution in [2.75, 3.05) is 18.4 Å². The summed E-state index contributed by atoms with van der Waals surface area (Å²) in [5.74, 6) is 0.254. The minimum atomic E-state index is -0.624. The molecule has 3 N–H and O–H groups in total. The summed E-state index contributed by atoms with van der Waals surface area (Å²) in [6.45, 7) is 8.84. The van der Waals surface area contributed by atoms with E-state index in [2.05, 4.69) is 25.9 Å². The lowest BCUT2D eigenvalue weighted by Crippen LogP contribution is -2.45. The number of amides is 2. The standard InChI is InChI=1S/C14H23N5O2/c1-5-16-12-8-15-7-11(19-12)14(21)18-10(4)13(20)17-6-9(2)3/h7-10H,5-6H2,1-4H3,(H,16,19)(H,17,20)(H,18,21). The maximum atomic E-state index is 12.0. The molecule has 0 aromatic carbocycles. The molecule has 1 rings (SSSR count). The molecule has 0 saturated carbocycles. The third-order valence-electron chi connectivity index (χ3n) is 2.65. The van der Waals surface area contributed by atoms with Gasteiger partial charge in [0.05, 0.1) is 12.4 Å². The summed E-state index contributed by atoms with van der Waals surface area (Å²) in [5, 5.41) is 8.35. The van der Waals surface area contributed by atoms with Gasteiger partial charge in [-0.25, -0.2) is 4.98 Å². The predicted octanol–water partition coefficient (Wildman–Crippen LogP) is 0.799. The van der Waals surface area contributed by atoms with E-state index in [-0.39, 0.29) is 11.6 Å². The van der Waals surface area contributed by atoms with Crippen molar-refractivity contribution in [3.05, 3.63) is 18.1 Å². The molecule has 0 saturated heterocycles. The highest BCUT2D eigenvalue weighted by Crippen LogP contribution is 2.02. The third kappa shape index (κ3) is 5.76. The van der Waals surface area contributed by atoms with Crippen molar-refractivity contribution in [2.24, 2.45) is 5.92 Å². The van der Waals surface area contributed by atoms with Crippen molar-refractivity contribution in [1.29, 1.82) is 0 Å². The first-order chi connectivity index (χ1) is 9.93. The number of nitrogens with one attached hydrogen (secondary N) is 3. The Morgan fingerprint density at radius 2 is 1.95 bits per heavy atom. The Morgan fingerprint density at radius 1 is 1.24 bits per heavy atom. The Labute approximate surface area is 124 Å². The molecule has 21 heavy (non-hydrogen) atoms. The quantitative estimate of drug-likeness (QED) is 0.691. The van der Waals surface area contributed by atoms with Gasteiger partial charge >= 0.3 is 0 Å². The fraction of sp³-hybridized carbons (Fsp3) is 0.571. The van der Waals surface area contributed by atoms with Crippen LogP contribution in [0.15, 0.2) is 12.4 Å². The number of carbonyl (C=O) groups excluding carboxylic acids is 2. The fourth-order valence-electron chi connectivity index (χ4n) is 1.54. The zero-order valence-electron chi connectivity index (χ0n) is 12.9. The van der Waals surface area contributed by atoms with Crippen LogP contribution in [0.3, 0.4) is 0 Å². The second-order valence-corrected chi connectivity index (χ2v) is 5.15. The lowest BCUT2D eigenvalue weighted by atomic mass is 10.2. The monoisotopic (exact) mass is 293 g/mol. The molecule has 7 heteroatoms. The molecular formula is C14H23N5O2. The summed E-state index contributed by atoms with van der Waals surface area (Å²) >= 11 is 0. The summed E-state index contributed by atoms with van der Waals surface area (Å²) in [4.78, 5) is 31.9. The van der Waals surface area contributed by atoms with Gasteiger partial charge < -0.3 is 16.0 Å². The Morgan fingerprint density at radius 3 is 2.57 bits per heavy atom. The van der Waals surface area contributed by atoms with Crippen LogP contribution in [0.1, 0.15) is 38.2 Å². The van der Waals surface area contributed by atoms with E-state index < -0.39 is 11.9 Å². The lowest BCUT2D eigenvalue weighted by Gasteiger charge is -2.15. The largest absolute Gasteiger partial charge is 0.369 e. The van der Waals surface area contributed by atoms with E-state index in [1.54, 1.807) is 13.1 Å². The van der Waals surface area contributed by atoms with Gasteiger partial charge in [0.1, 0.15) is 17.6 Å². The van der Waals surface area contributed by atoms with Crippen LogP contribution in [-0.2, 0) is 4.79 Å². The molecule has 0 spiro atoms. The van der Waals surface area contributed by atoms with Crippen molar-refractivity contribution in [3.63, 3.8) is 0 Å². The van der Waals surface area contributed by atoms with Crippen LogP contribution in [0.25, 0.3) is 0 Å². The Kier molecular flexibility index (Phi) is 6.58. The first kappa shape index (κ1) is 16.9. The Hall–Kier alpha value is -2.18. The molecule has 0 aliphatic heterocycles. The minimum absolute atomic E-state index is 0.178. The van der Waals surface area contributed by atoms with E-state index in [0.29, 0.717) is 24.8 Å². The van der Waals surface area contributed by atoms with E-state index in [4.69, 9.17) is 0 Å². The molecule has 0 bridgehead atoms. The molecule has 0 fully saturated rings. The molecular weight excluding hydrogens is 270 g/mol. The van der Waals surface area contributed by atoms with Crippen LogP contribution >= 0.6 is 0 Å². The van der Waals surface area contributed by atoms with Crippen LogP contribution in [-0.4, -0.2) is 40.9 Å². The molecule has 1 heterocycles. The fourth-order valence-corrected chi connectivity index (χ4v) is 1.54. The first-order valence-electron chi connectivity index (χ1n) is 7.08. The van der Waals surface area contributed by atoms with E-state index >= 15 is 0 Å².